The minimum Gasteiger partial charge on any atom is -0.0950 e. The van der Waals surface area contributed by atoms with Gasteiger partial charge in [0.2, 0.25) is 0 Å². The van der Waals surface area contributed by atoms with Crippen LogP contribution in [0.15, 0.2) is 43.0 Å². The number of rotatable bonds is 3. The molecule has 1 aliphatic carbocycles. The Bertz CT molecular complexity index is 439. The van der Waals surface area contributed by atoms with Gasteiger partial charge in [-0.15, -0.1) is 0 Å². The van der Waals surface area contributed by atoms with Crippen molar-refractivity contribution in [2.75, 3.05) is 0 Å². The molecule has 0 aromatic heterocycles. The SMILES string of the molecule is C=C(C(=C)C1CCC(C)C1)c1cccc(C)c1. The van der Waals surface area contributed by atoms with E-state index in [0.717, 1.165) is 11.5 Å². The first-order chi connectivity index (χ1) is 8.08. The van der Waals surface area contributed by atoms with E-state index in [0.29, 0.717) is 5.92 Å². The van der Waals surface area contributed by atoms with Crippen LogP contribution in [0, 0.1) is 18.8 Å². The lowest BCUT2D eigenvalue weighted by molar-refractivity contribution is 0.579. The Balaban J connectivity index is 2.12. The van der Waals surface area contributed by atoms with Gasteiger partial charge in [0.15, 0.2) is 0 Å². The molecule has 1 saturated carbocycles. The van der Waals surface area contributed by atoms with E-state index in [1.807, 2.05) is 0 Å². The highest BCUT2D eigenvalue weighted by molar-refractivity contribution is 5.77. The summed E-state index contributed by atoms with van der Waals surface area (Å²) in [7, 11) is 0. The van der Waals surface area contributed by atoms with Gasteiger partial charge in [-0.1, -0.05) is 56.3 Å². The van der Waals surface area contributed by atoms with Gasteiger partial charge < -0.3 is 0 Å². The lowest BCUT2D eigenvalue weighted by atomic mass is 9.88. The molecule has 0 saturated heterocycles. The highest BCUT2D eigenvalue weighted by Gasteiger charge is 2.24. The second-order valence-corrected chi connectivity index (χ2v) is 5.49. The molecule has 2 unspecified atom stereocenters. The third-order valence-corrected chi connectivity index (χ3v) is 3.94. The zero-order chi connectivity index (χ0) is 12.4. The van der Waals surface area contributed by atoms with E-state index in [9.17, 15) is 0 Å². The van der Waals surface area contributed by atoms with Crippen molar-refractivity contribution in [2.45, 2.75) is 33.1 Å². The molecule has 90 valence electrons. The zero-order valence-electron chi connectivity index (χ0n) is 11.0. The first kappa shape index (κ1) is 12.2. The first-order valence-electron chi connectivity index (χ1n) is 6.53. The Kier molecular flexibility index (Phi) is 3.51. The second-order valence-electron chi connectivity index (χ2n) is 5.49. The van der Waals surface area contributed by atoms with Crippen molar-refractivity contribution >= 4 is 5.57 Å². The predicted octanol–water partition coefficient (Wildman–Crippen LogP) is 5.00. The van der Waals surface area contributed by atoms with Crippen LogP contribution in [0.1, 0.15) is 37.3 Å². The number of hydrogen-bond donors (Lipinski definition) is 0. The molecular formula is C17H22. The molecule has 1 aromatic carbocycles. The molecule has 0 amide bonds. The molecule has 0 heterocycles. The minimum absolute atomic E-state index is 0.651. The van der Waals surface area contributed by atoms with Crippen LogP contribution in [0.25, 0.3) is 5.57 Å². The smallest absolute Gasteiger partial charge is 0.0159 e. The Hall–Kier alpha value is -1.30. The van der Waals surface area contributed by atoms with Crippen LogP contribution < -0.4 is 0 Å². The van der Waals surface area contributed by atoms with Crippen molar-refractivity contribution in [1.29, 1.82) is 0 Å². The molecule has 2 rings (SSSR count). The lowest BCUT2D eigenvalue weighted by Crippen LogP contribution is -2.00. The van der Waals surface area contributed by atoms with Gasteiger partial charge in [-0.05, 0) is 48.3 Å². The van der Waals surface area contributed by atoms with E-state index in [2.05, 4.69) is 51.3 Å². The molecule has 1 fully saturated rings. The third-order valence-electron chi connectivity index (χ3n) is 3.94. The fraction of sp³-hybridized carbons (Fsp3) is 0.412. The van der Waals surface area contributed by atoms with Gasteiger partial charge in [0.25, 0.3) is 0 Å². The van der Waals surface area contributed by atoms with Gasteiger partial charge in [0.05, 0.1) is 0 Å². The summed E-state index contributed by atoms with van der Waals surface area (Å²) in [6.07, 6.45) is 3.90. The molecule has 1 aromatic rings. The van der Waals surface area contributed by atoms with Crippen molar-refractivity contribution in [1.82, 2.24) is 0 Å². The third kappa shape index (κ3) is 2.69. The molecule has 0 heteroatoms. The zero-order valence-corrected chi connectivity index (χ0v) is 11.0. The summed E-state index contributed by atoms with van der Waals surface area (Å²) in [5, 5.41) is 0. The van der Waals surface area contributed by atoms with E-state index in [1.54, 1.807) is 0 Å². The molecule has 0 aliphatic heterocycles. The van der Waals surface area contributed by atoms with Crippen molar-refractivity contribution in [3.8, 4) is 0 Å². The molecule has 0 nitrogen and oxygen atoms in total. The maximum absolute atomic E-state index is 4.28. The maximum atomic E-state index is 4.28. The van der Waals surface area contributed by atoms with Crippen LogP contribution in [0.5, 0.6) is 0 Å². The Labute approximate surface area is 105 Å². The summed E-state index contributed by atoms with van der Waals surface area (Å²) in [5.41, 5.74) is 4.90. The summed E-state index contributed by atoms with van der Waals surface area (Å²) in [5.74, 6) is 1.50. The fourth-order valence-corrected chi connectivity index (χ4v) is 2.79. The highest BCUT2D eigenvalue weighted by atomic mass is 14.3. The van der Waals surface area contributed by atoms with E-state index in [-0.39, 0.29) is 0 Å². The van der Waals surface area contributed by atoms with Crippen LogP contribution in [0.3, 0.4) is 0 Å². The first-order valence-corrected chi connectivity index (χ1v) is 6.53. The Morgan fingerprint density at radius 1 is 1.24 bits per heavy atom. The molecule has 17 heavy (non-hydrogen) atoms. The number of benzene rings is 1. The molecule has 0 spiro atoms. The maximum Gasteiger partial charge on any atom is -0.0159 e. The summed E-state index contributed by atoms with van der Waals surface area (Å²) in [6, 6.07) is 8.56. The molecule has 0 radical (unpaired) electrons. The van der Waals surface area contributed by atoms with Gasteiger partial charge in [-0.2, -0.15) is 0 Å². The van der Waals surface area contributed by atoms with Crippen molar-refractivity contribution in [2.24, 2.45) is 11.8 Å². The van der Waals surface area contributed by atoms with Crippen LogP contribution in [0.2, 0.25) is 0 Å². The fourth-order valence-electron chi connectivity index (χ4n) is 2.79. The summed E-state index contributed by atoms with van der Waals surface area (Å²) < 4.78 is 0. The largest absolute Gasteiger partial charge is 0.0950 e. The van der Waals surface area contributed by atoms with Crippen LogP contribution >= 0.6 is 0 Å². The van der Waals surface area contributed by atoms with E-state index in [1.165, 1.54) is 36.0 Å². The van der Waals surface area contributed by atoms with Crippen molar-refractivity contribution < 1.29 is 0 Å². The second kappa shape index (κ2) is 4.91. The molecular weight excluding hydrogens is 204 g/mol. The normalized spacial score (nSPS) is 23.6. The van der Waals surface area contributed by atoms with Crippen molar-refractivity contribution in [3.05, 3.63) is 54.1 Å². The van der Waals surface area contributed by atoms with Crippen molar-refractivity contribution in [3.63, 3.8) is 0 Å². The lowest BCUT2D eigenvalue weighted by Gasteiger charge is -2.16. The van der Waals surface area contributed by atoms with Gasteiger partial charge in [0, 0.05) is 0 Å². The van der Waals surface area contributed by atoms with E-state index < -0.39 is 0 Å². The van der Waals surface area contributed by atoms with Gasteiger partial charge in [0.1, 0.15) is 0 Å². The monoisotopic (exact) mass is 226 g/mol. The molecule has 0 N–H and O–H groups in total. The van der Waals surface area contributed by atoms with Gasteiger partial charge in [-0.25, -0.2) is 0 Å². The number of allylic oxidation sites excluding steroid dienone is 2. The average Bonchev–Trinajstić information content (AvgIpc) is 2.74. The quantitative estimate of drug-likeness (QED) is 0.636. The minimum atomic E-state index is 0.651. The average molecular weight is 226 g/mol. The summed E-state index contributed by atoms with van der Waals surface area (Å²) >= 11 is 0. The van der Waals surface area contributed by atoms with Gasteiger partial charge >= 0.3 is 0 Å². The number of aryl methyl sites for hydroxylation is 1. The van der Waals surface area contributed by atoms with E-state index in [4.69, 9.17) is 0 Å². The molecule has 1 aliphatic rings. The summed E-state index contributed by atoms with van der Waals surface area (Å²) in [6.45, 7) is 13.0. The Morgan fingerprint density at radius 2 is 2.00 bits per heavy atom. The van der Waals surface area contributed by atoms with Crippen LogP contribution in [-0.2, 0) is 0 Å². The molecule has 0 bridgehead atoms. The number of hydrogen-bond acceptors (Lipinski definition) is 0. The van der Waals surface area contributed by atoms with Gasteiger partial charge in [-0.3, -0.25) is 0 Å². The topological polar surface area (TPSA) is 0 Å². The standard InChI is InChI=1S/C17H22/c1-12-6-5-7-16(10-12)14(3)15(4)17-9-8-13(2)11-17/h5-7,10,13,17H,3-4,8-9,11H2,1-2H3. The predicted molar refractivity (Wildman–Crippen MR) is 75.9 cm³/mol. The molecule has 2 atom stereocenters. The van der Waals surface area contributed by atoms with Crippen LogP contribution in [0.4, 0.5) is 0 Å². The highest BCUT2D eigenvalue weighted by Crippen LogP contribution is 2.39. The van der Waals surface area contributed by atoms with Crippen LogP contribution in [-0.4, -0.2) is 0 Å². The Morgan fingerprint density at radius 3 is 2.59 bits per heavy atom. The summed E-state index contributed by atoms with van der Waals surface area (Å²) in [4.78, 5) is 0. The van der Waals surface area contributed by atoms with E-state index >= 15 is 0 Å².